The van der Waals surface area contributed by atoms with Gasteiger partial charge < -0.3 is 9.84 Å². The van der Waals surface area contributed by atoms with Gasteiger partial charge in [-0.1, -0.05) is 0 Å². The quantitative estimate of drug-likeness (QED) is 0.784. The number of nitrogens with one attached hydrogen (secondary N) is 1. The summed E-state index contributed by atoms with van der Waals surface area (Å²) >= 11 is 0. The number of benzene rings is 1. The maximum Gasteiger partial charge on any atom is 0.241 e. The zero-order chi connectivity index (χ0) is 13.8. The fourth-order valence-corrected chi connectivity index (χ4v) is 2.55. The minimum absolute atomic E-state index is 0.0620. The zero-order valence-corrected chi connectivity index (χ0v) is 10.4. The van der Waals surface area contributed by atoms with Gasteiger partial charge in [-0.15, -0.1) is 0 Å². The van der Waals surface area contributed by atoms with Crippen molar-refractivity contribution < 1.29 is 27.0 Å². The van der Waals surface area contributed by atoms with Crippen molar-refractivity contribution in [3.8, 4) is 0 Å². The van der Waals surface area contributed by atoms with Crippen LogP contribution in [0.5, 0.6) is 0 Å². The lowest BCUT2D eigenvalue weighted by molar-refractivity contribution is 0.139. The minimum atomic E-state index is -4.11. The Kier molecular flexibility index (Phi) is 5.15. The number of methoxy groups -OCH3 is 1. The molecule has 1 atom stereocenters. The maximum absolute atomic E-state index is 12.9. The molecular formula is C10H13F2NO4S. The largest absolute Gasteiger partial charge is 0.395 e. The van der Waals surface area contributed by atoms with E-state index >= 15 is 0 Å². The fourth-order valence-electron chi connectivity index (χ4n) is 1.30. The van der Waals surface area contributed by atoms with Crippen molar-refractivity contribution in [3.63, 3.8) is 0 Å². The second-order valence-corrected chi connectivity index (χ2v) is 5.28. The summed E-state index contributed by atoms with van der Waals surface area (Å²) in [5.74, 6) is -2.00. The molecule has 8 heteroatoms. The van der Waals surface area contributed by atoms with E-state index in [1.54, 1.807) is 0 Å². The van der Waals surface area contributed by atoms with Crippen LogP contribution < -0.4 is 4.72 Å². The first kappa shape index (κ1) is 15.0. The number of hydrogen-bond acceptors (Lipinski definition) is 4. The predicted molar refractivity (Wildman–Crippen MR) is 59.4 cm³/mol. The van der Waals surface area contributed by atoms with Crippen molar-refractivity contribution in [2.24, 2.45) is 0 Å². The lowest BCUT2D eigenvalue weighted by Crippen LogP contribution is -2.40. The molecule has 0 aliphatic carbocycles. The van der Waals surface area contributed by atoms with Gasteiger partial charge in [0, 0.05) is 13.2 Å². The molecule has 0 aliphatic rings. The molecule has 0 aromatic heterocycles. The number of sulfonamides is 1. The molecule has 0 saturated carbocycles. The zero-order valence-electron chi connectivity index (χ0n) is 9.56. The van der Waals surface area contributed by atoms with Crippen LogP contribution >= 0.6 is 0 Å². The molecule has 0 heterocycles. The molecule has 0 fully saturated rings. The van der Waals surface area contributed by atoms with Crippen molar-refractivity contribution in [2.45, 2.75) is 10.9 Å². The van der Waals surface area contributed by atoms with Crippen LogP contribution in [-0.2, 0) is 14.8 Å². The molecule has 0 radical (unpaired) electrons. The Labute approximate surface area is 103 Å². The van der Waals surface area contributed by atoms with Crippen LogP contribution in [0, 0.1) is 11.6 Å². The van der Waals surface area contributed by atoms with Crippen LogP contribution in [0.3, 0.4) is 0 Å². The molecule has 0 aliphatic heterocycles. The van der Waals surface area contributed by atoms with Crippen molar-refractivity contribution in [1.82, 2.24) is 4.72 Å². The van der Waals surface area contributed by atoms with E-state index in [9.17, 15) is 17.2 Å². The standard InChI is InChI=1S/C10H13F2NO4S/c1-17-6-9(5-14)13-18(15,16)10-3-7(11)2-8(12)4-10/h2-4,9,13-14H,5-6H2,1H3. The van der Waals surface area contributed by atoms with Crippen molar-refractivity contribution in [1.29, 1.82) is 0 Å². The second-order valence-electron chi connectivity index (χ2n) is 3.56. The van der Waals surface area contributed by atoms with E-state index in [0.29, 0.717) is 18.2 Å². The highest BCUT2D eigenvalue weighted by Crippen LogP contribution is 2.13. The Morgan fingerprint density at radius 2 is 1.89 bits per heavy atom. The predicted octanol–water partition coefficient (Wildman–Crippen LogP) is 0.250. The molecule has 1 unspecified atom stereocenters. The molecule has 5 nitrogen and oxygen atoms in total. The van der Waals surface area contributed by atoms with Gasteiger partial charge in [0.15, 0.2) is 0 Å². The third kappa shape index (κ3) is 3.98. The summed E-state index contributed by atoms with van der Waals surface area (Å²) < 4.78 is 56.1. The third-order valence-corrected chi connectivity index (χ3v) is 3.56. The van der Waals surface area contributed by atoms with Gasteiger partial charge in [-0.25, -0.2) is 21.9 Å². The highest BCUT2D eigenvalue weighted by Gasteiger charge is 2.21. The van der Waals surface area contributed by atoms with Crippen molar-refractivity contribution in [2.75, 3.05) is 20.3 Å². The van der Waals surface area contributed by atoms with Gasteiger partial charge in [-0.2, -0.15) is 0 Å². The smallest absolute Gasteiger partial charge is 0.241 e. The number of ether oxygens (including phenoxy) is 1. The normalized spacial score (nSPS) is 13.6. The number of rotatable bonds is 6. The molecular weight excluding hydrogens is 268 g/mol. The molecule has 0 bridgehead atoms. The summed E-state index contributed by atoms with van der Waals surface area (Å²) in [6.45, 7) is -0.557. The summed E-state index contributed by atoms with van der Waals surface area (Å²) in [6.07, 6.45) is 0. The average molecular weight is 281 g/mol. The summed E-state index contributed by atoms with van der Waals surface area (Å²) in [6, 6.07) is 1.06. The number of halogens is 2. The summed E-state index contributed by atoms with van der Waals surface area (Å²) in [7, 11) is -2.78. The van der Waals surface area contributed by atoms with Gasteiger partial charge >= 0.3 is 0 Å². The van der Waals surface area contributed by atoms with Crippen LogP contribution in [-0.4, -0.2) is 39.9 Å². The Balaban J connectivity index is 2.98. The molecule has 1 aromatic rings. The van der Waals surface area contributed by atoms with E-state index in [-0.39, 0.29) is 6.61 Å². The van der Waals surface area contributed by atoms with Crippen molar-refractivity contribution >= 4 is 10.0 Å². The molecule has 0 amide bonds. The van der Waals surface area contributed by atoms with E-state index in [1.165, 1.54) is 7.11 Å². The van der Waals surface area contributed by atoms with Crippen LogP contribution in [0.2, 0.25) is 0 Å². The Morgan fingerprint density at radius 3 is 2.33 bits per heavy atom. The number of aliphatic hydroxyl groups is 1. The molecule has 102 valence electrons. The Morgan fingerprint density at radius 1 is 1.33 bits per heavy atom. The van der Waals surface area contributed by atoms with Gasteiger partial charge in [0.25, 0.3) is 0 Å². The average Bonchev–Trinajstić information content (AvgIpc) is 2.27. The van der Waals surface area contributed by atoms with E-state index in [1.807, 2.05) is 0 Å². The highest BCUT2D eigenvalue weighted by molar-refractivity contribution is 7.89. The van der Waals surface area contributed by atoms with Gasteiger partial charge in [0.05, 0.1) is 24.2 Å². The molecule has 2 N–H and O–H groups in total. The number of hydrogen-bond donors (Lipinski definition) is 2. The molecule has 18 heavy (non-hydrogen) atoms. The first-order chi connectivity index (χ1) is 8.39. The summed E-state index contributed by atoms with van der Waals surface area (Å²) in [5, 5.41) is 8.92. The molecule has 1 aromatic carbocycles. The van der Waals surface area contributed by atoms with Crippen molar-refractivity contribution in [3.05, 3.63) is 29.8 Å². The lowest BCUT2D eigenvalue weighted by atomic mass is 10.3. The molecule has 1 rings (SSSR count). The van der Waals surface area contributed by atoms with Crippen LogP contribution in [0.1, 0.15) is 0 Å². The van der Waals surface area contributed by atoms with E-state index in [0.717, 1.165) is 0 Å². The monoisotopic (exact) mass is 281 g/mol. The fraction of sp³-hybridized carbons (Fsp3) is 0.400. The topological polar surface area (TPSA) is 75.6 Å². The first-order valence-corrected chi connectivity index (χ1v) is 6.45. The maximum atomic E-state index is 12.9. The molecule has 0 spiro atoms. The van der Waals surface area contributed by atoms with Gasteiger partial charge in [-0.3, -0.25) is 0 Å². The van der Waals surface area contributed by atoms with Gasteiger partial charge in [0.1, 0.15) is 11.6 Å². The first-order valence-electron chi connectivity index (χ1n) is 4.97. The Hall–Kier alpha value is -1.09. The Bertz CT molecular complexity index is 486. The lowest BCUT2D eigenvalue weighted by Gasteiger charge is -2.15. The number of aliphatic hydroxyl groups excluding tert-OH is 1. The van der Waals surface area contributed by atoms with E-state index in [2.05, 4.69) is 9.46 Å². The second kappa shape index (κ2) is 6.19. The van der Waals surface area contributed by atoms with E-state index < -0.39 is 39.2 Å². The molecule has 0 saturated heterocycles. The van der Waals surface area contributed by atoms with Gasteiger partial charge in [-0.05, 0) is 12.1 Å². The van der Waals surface area contributed by atoms with Crippen LogP contribution in [0.4, 0.5) is 8.78 Å². The summed E-state index contributed by atoms with van der Waals surface area (Å²) in [5.41, 5.74) is 0. The highest BCUT2D eigenvalue weighted by atomic mass is 32.2. The SMILES string of the molecule is COCC(CO)NS(=O)(=O)c1cc(F)cc(F)c1. The van der Waals surface area contributed by atoms with E-state index in [4.69, 9.17) is 5.11 Å². The van der Waals surface area contributed by atoms with Crippen LogP contribution in [0.25, 0.3) is 0 Å². The third-order valence-electron chi connectivity index (χ3n) is 2.06. The minimum Gasteiger partial charge on any atom is -0.395 e. The van der Waals surface area contributed by atoms with Crippen LogP contribution in [0.15, 0.2) is 23.1 Å². The van der Waals surface area contributed by atoms with Gasteiger partial charge in [0.2, 0.25) is 10.0 Å². The summed E-state index contributed by atoms with van der Waals surface area (Å²) in [4.78, 5) is -0.547.